The second-order valence-corrected chi connectivity index (χ2v) is 5.05. The zero-order chi connectivity index (χ0) is 16.1. The third kappa shape index (κ3) is 3.61. The van der Waals surface area contributed by atoms with Crippen LogP contribution in [0, 0.1) is 0 Å². The Morgan fingerprint density at radius 1 is 1.00 bits per heavy atom. The molecule has 0 fully saturated rings. The molecule has 1 aromatic heterocycles. The van der Waals surface area contributed by atoms with Crippen LogP contribution in [0.15, 0.2) is 73.1 Å². The van der Waals surface area contributed by atoms with Gasteiger partial charge in [-0.05, 0) is 67.6 Å². The number of hydrogen-bond acceptors (Lipinski definition) is 2. The minimum atomic E-state index is -0.131. The maximum atomic E-state index is 12.3. The predicted molar refractivity (Wildman–Crippen MR) is 91.3 cm³/mol. The van der Waals surface area contributed by atoms with Gasteiger partial charge in [-0.2, -0.15) is 0 Å². The van der Waals surface area contributed by atoms with E-state index < -0.39 is 0 Å². The Morgan fingerprint density at radius 3 is 2.26 bits per heavy atom. The fourth-order valence-electron chi connectivity index (χ4n) is 2.30. The fourth-order valence-corrected chi connectivity index (χ4v) is 2.30. The van der Waals surface area contributed by atoms with Crippen LogP contribution >= 0.6 is 0 Å². The summed E-state index contributed by atoms with van der Waals surface area (Å²) in [6.07, 6.45) is 3.93. The Hall–Kier alpha value is -3.01. The Kier molecular flexibility index (Phi) is 4.43. The first kappa shape index (κ1) is 14.9. The molecule has 1 N–H and O–H groups in total. The fraction of sp³-hybridized carbons (Fsp3) is 0.105. The number of ether oxygens (including phenoxy) is 1. The minimum absolute atomic E-state index is 0.131. The maximum absolute atomic E-state index is 12.3. The Balaban J connectivity index is 1.68. The van der Waals surface area contributed by atoms with Gasteiger partial charge in [-0.1, -0.05) is 0 Å². The lowest BCUT2D eigenvalue weighted by molar-refractivity contribution is 0.102. The molecule has 0 saturated heterocycles. The Bertz CT molecular complexity index is 760. The van der Waals surface area contributed by atoms with Crippen LogP contribution in [0.3, 0.4) is 0 Å². The lowest BCUT2D eigenvalue weighted by atomic mass is 10.2. The second kappa shape index (κ2) is 6.83. The monoisotopic (exact) mass is 306 g/mol. The van der Waals surface area contributed by atoms with Crippen molar-refractivity contribution in [2.45, 2.75) is 6.92 Å². The van der Waals surface area contributed by atoms with Gasteiger partial charge in [-0.3, -0.25) is 4.79 Å². The molecule has 1 heterocycles. The zero-order valence-corrected chi connectivity index (χ0v) is 12.9. The molecule has 1 amide bonds. The average Bonchev–Trinajstić information content (AvgIpc) is 3.11. The average molecular weight is 306 g/mol. The quantitative estimate of drug-likeness (QED) is 0.770. The summed E-state index contributed by atoms with van der Waals surface area (Å²) < 4.78 is 7.38. The van der Waals surface area contributed by atoms with Crippen molar-refractivity contribution in [3.63, 3.8) is 0 Å². The molecule has 116 valence electrons. The highest BCUT2D eigenvalue weighted by atomic mass is 16.5. The first-order valence-corrected chi connectivity index (χ1v) is 7.54. The van der Waals surface area contributed by atoms with Gasteiger partial charge in [0.15, 0.2) is 0 Å². The van der Waals surface area contributed by atoms with E-state index in [9.17, 15) is 4.79 Å². The van der Waals surface area contributed by atoms with Gasteiger partial charge in [0, 0.05) is 29.3 Å². The first-order chi connectivity index (χ1) is 11.3. The topological polar surface area (TPSA) is 43.3 Å². The molecule has 0 aliphatic rings. The summed E-state index contributed by atoms with van der Waals surface area (Å²) in [4.78, 5) is 12.3. The Morgan fingerprint density at radius 2 is 1.65 bits per heavy atom. The van der Waals surface area contributed by atoms with Crippen molar-refractivity contribution in [3.05, 3.63) is 78.6 Å². The smallest absolute Gasteiger partial charge is 0.255 e. The van der Waals surface area contributed by atoms with Crippen molar-refractivity contribution in [1.29, 1.82) is 0 Å². The van der Waals surface area contributed by atoms with Gasteiger partial charge in [0.05, 0.1) is 6.61 Å². The van der Waals surface area contributed by atoms with Crippen LogP contribution in [0.5, 0.6) is 5.75 Å². The molecule has 0 spiro atoms. The van der Waals surface area contributed by atoms with E-state index in [2.05, 4.69) is 5.32 Å². The molecule has 0 bridgehead atoms. The molecular formula is C19H18N2O2. The van der Waals surface area contributed by atoms with Gasteiger partial charge in [0.25, 0.3) is 5.91 Å². The summed E-state index contributed by atoms with van der Waals surface area (Å²) in [7, 11) is 0. The number of nitrogens with one attached hydrogen (secondary N) is 1. The van der Waals surface area contributed by atoms with E-state index in [-0.39, 0.29) is 5.91 Å². The lowest BCUT2D eigenvalue weighted by Crippen LogP contribution is -2.11. The zero-order valence-electron chi connectivity index (χ0n) is 12.9. The molecule has 0 saturated carbocycles. The number of anilines is 1. The first-order valence-electron chi connectivity index (χ1n) is 7.54. The molecule has 0 aliphatic heterocycles. The number of amides is 1. The third-order valence-corrected chi connectivity index (χ3v) is 3.46. The molecule has 3 aromatic rings. The van der Waals surface area contributed by atoms with Gasteiger partial charge < -0.3 is 14.6 Å². The van der Waals surface area contributed by atoms with Crippen LogP contribution in [0.4, 0.5) is 5.69 Å². The second-order valence-electron chi connectivity index (χ2n) is 5.05. The van der Waals surface area contributed by atoms with Crippen molar-refractivity contribution < 1.29 is 9.53 Å². The number of carbonyl (C=O) groups is 1. The van der Waals surface area contributed by atoms with E-state index in [1.54, 1.807) is 0 Å². The van der Waals surface area contributed by atoms with E-state index in [0.717, 1.165) is 17.1 Å². The number of rotatable bonds is 5. The number of carbonyl (C=O) groups excluding carboxylic acids is 1. The molecule has 3 rings (SSSR count). The van der Waals surface area contributed by atoms with Crippen LogP contribution in [0.2, 0.25) is 0 Å². The summed E-state index contributed by atoms with van der Waals surface area (Å²) in [5, 5.41) is 2.88. The normalized spacial score (nSPS) is 10.3. The van der Waals surface area contributed by atoms with Gasteiger partial charge in [0.1, 0.15) is 5.75 Å². The van der Waals surface area contributed by atoms with Gasteiger partial charge in [0.2, 0.25) is 0 Å². The maximum Gasteiger partial charge on any atom is 0.255 e. The van der Waals surface area contributed by atoms with E-state index in [1.807, 2.05) is 84.5 Å². The van der Waals surface area contributed by atoms with Gasteiger partial charge in [-0.15, -0.1) is 0 Å². The summed E-state index contributed by atoms with van der Waals surface area (Å²) in [6, 6.07) is 18.8. The highest BCUT2D eigenvalue weighted by Gasteiger charge is 2.06. The molecule has 2 aromatic carbocycles. The minimum Gasteiger partial charge on any atom is -0.494 e. The molecule has 4 nitrogen and oxygen atoms in total. The number of aromatic nitrogens is 1. The number of hydrogen-bond donors (Lipinski definition) is 1. The van der Waals surface area contributed by atoms with Gasteiger partial charge in [-0.25, -0.2) is 0 Å². The summed E-state index contributed by atoms with van der Waals surface area (Å²) in [5.41, 5.74) is 2.38. The summed E-state index contributed by atoms with van der Waals surface area (Å²) >= 11 is 0. The van der Waals surface area contributed by atoms with Crippen molar-refractivity contribution in [1.82, 2.24) is 4.57 Å². The van der Waals surface area contributed by atoms with Gasteiger partial charge >= 0.3 is 0 Å². The van der Waals surface area contributed by atoms with Crippen LogP contribution in [-0.4, -0.2) is 17.1 Å². The van der Waals surface area contributed by atoms with E-state index in [4.69, 9.17) is 4.74 Å². The standard InChI is InChI=1S/C19H18N2O2/c1-2-23-18-11-7-16(8-12-18)20-19(22)15-5-9-17(10-6-15)21-13-3-4-14-21/h3-14H,2H2,1H3,(H,20,22). The summed E-state index contributed by atoms with van der Waals surface area (Å²) in [6.45, 7) is 2.56. The largest absolute Gasteiger partial charge is 0.494 e. The number of nitrogens with zero attached hydrogens (tertiary/aromatic N) is 1. The molecule has 0 unspecified atom stereocenters. The summed E-state index contributed by atoms with van der Waals surface area (Å²) in [5.74, 6) is 0.662. The van der Waals surface area contributed by atoms with Crippen molar-refractivity contribution in [2.75, 3.05) is 11.9 Å². The molecule has 23 heavy (non-hydrogen) atoms. The van der Waals surface area contributed by atoms with Crippen molar-refractivity contribution in [3.8, 4) is 11.4 Å². The van der Waals surface area contributed by atoms with Crippen molar-refractivity contribution in [2.24, 2.45) is 0 Å². The van der Waals surface area contributed by atoms with E-state index >= 15 is 0 Å². The third-order valence-electron chi connectivity index (χ3n) is 3.46. The predicted octanol–water partition coefficient (Wildman–Crippen LogP) is 4.13. The Labute approximate surface area is 135 Å². The molecule has 0 aliphatic carbocycles. The highest BCUT2D eigenvalue weighted by molar-refractivity contribution is 6.04. The van der Waals surface area contributed by atoms with Crippen LogP contribution in [0.1, 0.15) is 17.3 Å². The van der Waals surface area contributed by atoms with E-state index in [0.29, 0.717) is 12.2 Å². The molecular weight excluding hydrogens is 288 g/mol. The van der Waals surface area contributed by atoms with Crippen LogP contribution in [0.25, 0.3) is 5.69 Å². The van der Waals surface area contributed by atoms with E-state index in [1.165, 1.54) is 0 Å². The lowest BCUT2D eigenvalue weighted by Gasteiger charge is -2.08. The molecule has 0 radical (unpaired) electrons. The van der Waals surface area contributed by atoms with Crippen LogP contribution < -0.4 is 10.1 Å². The highest BCUT2D eigenvalue weighted by Crippen LogP contribution is 2.17. The van der Waals surface area contributed by atoms with Crippen LogP contribution in [-0.2, 0) is 0 Å². The number of benzene rings is 2. The van der Waals surface area contributed by atoms with Crippen molar-refractivity contribution >= 4 is 11.6 Å². The molecule has 0 atom stereocenters. The molecule has 4 heteroatoms. The SMILES string of the molecule is CCOc1ccc(NC(=O)c2ccc(-n3cccc3)cc2)cc1.